The minimum atomic E-state index is 0.507. The minimum Gasteiger partial charge on any atom is -0.489 e. The predicted molar refractivity (Wildman–Crippen MR) is 50.0 cm³/mol. The molecule has 12 heavy (non-hydrogen) atoms. The van der Waals surface area contributed by atoms with E-state index in [4.69, 9.17) is 10.5 Å². The first-order chi connectivity index (χ1) is 5.88. The van der Waals surface area contributed by atoms with Gasteiger partial charge in [-0.15, -0.1) is 0 Å². The summed E-state index contributed by atoms with van der Waals surface area (Å²) >= 11 is 0. The Bertz CT molecular complexity index is 258. The normalized spacial score (nSPS) is 9.42. The third kappa shape index (κ3) is 2.10. The Morgan fingerprint density at radius 1 is 1.42 bits per heavy atom. The summed E-state index contributed by atoms with van der Waals surface area (Å²) in [5.41, 5.74) is 6.54. The summed E-state index contributed by atoms with van der Waals surface area (Å²) in [4.78, 5) is 0. The summed E-state index contributed by atoms with van der Waals surface area (Å²) in [6, 6.07) is 7.74. The van der Waals surface area contributed by atoms with Gasteiger partial charge in [-0.2, -0.15) is 0 Å². The summed E-state index contributed by atoms with van der Waals surface area (Å²) in [6.45, 7) is 4.61. The Balaban J connectivity index is 2.74. The molecule has 0 atom stereocenters. The maximum Gasteiger partial charge on any atom is 0.124 e. The first-order valence-electron chi connectivity index (χ1n) is 3.90. The fraction of sp³-hybridized carbons (Fsp3) is 0.200. The van der Waals surface area contributed by atoms with Crippen molar-refractivity contribution in [3.8, 4) is 5.75 Å². The zero-order chi connectivity index (χ0) is 8.81. The summed E-state index contributed by atoms with van der Waals surface area (Å²) in [5, 5.41) is 0. The van der Waals surface area contributed by atoms with Gasteiger partial charge in [0.25, 0.3) is 0 Å². The van der Waals surface area contributed by atoms with E-state index in [9.17, 15) is 0 Å². The average Bonchev–Trinajstić information content (AvgIpc) is 2.15. The largest absolute Gasteiger partial charge is 0.489 e. The molecule has 0 aromatic heterocycles. The lowest BCUT2D eigenvalue weighted by Gasteiger charge is -2.07. The summed E-state index contributed by atoms with van der Waals surface area (Å²) in [7, 11) is 0. The molecule has 64 valence electrons. The van der Waals surface area contributed by atoms with Crippen molar-refractivity contribution in [2.24, 2.45) is 5.73 Å². The van der Waals surface area contributed by atoms with Crippen LogP contribution in [0.2, 0.25) is 0 Å². The Labute approximate surface area is 72.7 Å². The van der Waals surface area contributed by atoms with E-state index in [1.165, 1.54) is 0 Å². The molecular weight excluding hydrogens is 150 g/mol. The molecule has 0 radical (unpaired) electrons. The summed E-state index contributed by atoms with van der Waals surface area (Å²) < 4.78 is 5.38. The lowest BCUT2D eigenvalue weighted by atomic mass is 10.2. The zero-order valence-corrected chi connectivity index (χ0v) is 6.99. The second-order valence-electron chi connectivity index (χ2n) is 2.41. The third-order valence-corrected chi connectivity index (χ3v) is 1.55. The van der Waals surface area contributed by atoms with Gasteiger partial charge in [-0.05, 0) is 6.07 Å². The second-order valence-corrected chi connectivity index (χ2v) is 2.41. The Morgan fingerprint density at radius 2 is 2.17 bits per heavy atom. The lowest BCUT2D eigenvalue weighted by molar-refractivity contribution is 0.359. The first kappa shape index (κ1) is 8.81. The Hall–Kier alpha value is -1.28. The van der Waals surface area contributed by atoms with Crippen molar-refractivity contribution in [1.29, 1.82) is 0 Å². The van der Waals surface area contributed by atoms with E-state index in [2.05, 4.69) is 6.58 Å². The summed E-state index contributed by atoms with van der Waals surface area (Å²) in [5.74, 6) is 0.847. The molecule has 1 aromatic rings. The number of ether oxygens (including phenoxy) is 1. The van der Waals surface area contributed by atoms with Crippen molar-refractivity contribution in [1.82, 2.24) is 0 Å². The molecule has 1 rings (SSSR count). The van der Waals surface area contributed by atoms with Gasteiger partial charge in [0.05, 0.1) is 0 Å². The molecule has 0 aliphatic heterocycles. The topological polar surface area (TPSA) is 35.2 Å². The monoisotopic (exact) mass is 163 g/mol. The molecule has 2 N–H and O–H groups in total. The van der Waals surface area contributed by atoms with Gasteiger partial charge >= 0.3 is 0 Å². The van der Waals surface area contributed by atoms with Crippen LogP contribution in [-0.2, 0) is 6.54 Å². The average molecular weight is 163 g/mol. The van der Waals surface area contributed by atoms with Crippen LogP contribution in [0, 0.1) is 0 Å². The second kappa shape index (κ2) is 4.57. The van der Waals surface area contributed by atoms with E-state index in [0.717, 1.165) is 11.3 Å². The van der Waals surface area contributed by atoms with Crippen LogP contribution in [0.5, 0.6) is 5.75 Å². The molecular formula is C10H13NO. The molecule has 0 heterocycles. The van der Waals surface area contributed by atoms with E-state index in [0.29, 0.717) is 13.2 Å². The fourth-order valence-corrected chi connectivity index (χ4v) is 0.962. The number of hydrogen-bond donors (Lipinski definition) is 1. The molecule has 0 aliphatic rings. The molecule has 0 spiro atoms. The van der Waals surface area contributed by atoms with Crippen molar-refractivity contribution >= 4 is 0 Å². The maximum absolute atomic E-state index is 5.52. The molecule has 0 fully saturated rings. The molecule has 1 aromatic carbocycles. The molecule has 0 aliphatic carbocycles. The van der Waals surface area contributed by atoms with Crippen LogP contribution in [0.15, 0.2) is 36.9 Å². The first-order valence-corrected chi connectivity index (χ1v) is 3.90. The van der Waals surface area contributed by atoms with Crippen LogP contribution in [0.25, 0.3) is 0 Å². The summed E-state index contributed by atoms with van der Waals surface area (Å²) in [6.07, 6.45) is 1.72. The van der Waals surface area contributed by atoms with Gasteiger partial charge in [-0.1, -0.05) is 30.9 Å². The number of nitrogens with two attached hydrogens (primary N) is 1. The third-order valence-electron chi connectivity index (χ3n) is 1.55. The highest BCUT2D eigenvalue weighted by Crippen LogP contribution is 2.16. The van der Waals surface area contributed by atoms with E-state index >= 15 is 0 Å². The number of hydrogen-bond acceptors (Lipinski definition) is 2. The van der Waals surface area contributed by atoms with Crippen LogP contribution >= 0.6 is 0 Å². The van der Waals surface area contributed by atoms with Crippen molar-refractivity contribution in [3.05, 3.63) is 42.5 Å². The molecule has 0 saturated heterocycles. The van der Waals surface area contributed by atoms with E-state index in [1.807, 2.05) is 24.3 Å². The van der Waals surface area contributed by atoms with Gasteiger partial charge in [-0.25, -0.2) is 0 Å². The minimum absolute atomic E-state index is 0.507. The van der Waals surface area contributed by atoms with Gasteiger partial charge in [0.15, 0.2) is 0 Å². The van der Waals surface area contributed by atoms with Crippen LogP contribution in [-0.4, -0.2) is 6.61 Å². The Kier molecular flexibility index (Phi) is 3.35. The molecule has 2 heteroatoms. The highest BCUT2D eigenvalue weighted by molar-refractivity contribution is 5.33. The number of para-hydroxylation sites is 1. The van der Waals surface area contributed by atoms with Crippen LogP contribution < -0.4 is 10.5 Å². The molecule has 0 unspecified atom stereocenters. The van der Waals surface area contributed by atoms with Crippen molar-refractivity contribution in [2.75, 3.05) is 6.61 Å². The highest BCUT2D eigenvalue weighted by Gasteiger charge is 1.97. The van der Waals surface area contributed by atoms with E-state index in [-0.39, 0.29) is 0 Å². The SMILES string of the molecule is C=CCOc1ccccc1CN. The zero-order valence-electron chi connectivity index (χ0n) is 6.99. The molecule has 0 bridgehead atoms. The number of benzene rings is 1. The highest BCUT2D eigenvalue weighted by atomic mass is 16.5. The molecule has 0 amide bonds. The predicted octanol–water partition coefficient (Wildman–Crippen LogP) is 1.71. The van der Waals surface area contributed by atoms with Crippen molar-refractivity contribution in [3.63, 3.8) is 0 Å². The van der Waals surface area contributed by atoms with Crippen LogP contribution in [0.3, 0.4) is 0 Å². The van der Waals surface area contributed by atoms with Crippen LogP contribution in [0.1, 0.15) is 5.56 Å². The lowest BCUT2D eigenvalue weighted by Crippen LogP contribution is -2.01. The maximum atomic E-state index is 5.52. The van der Waals surface area contributed by atoms with E-state index < -0.39 is 0 Å². The van der Waals surface area contributed by atoms with E-state index in [1.54, 1.807) is 6.08 Å². The van der Waals surface area contributed by atoms with Gasteiger partial charge in [0.2, 0.25) is 0 Å². The Morgan fingerprint density at radius 3 is 2.83 bits per heavy atom. The van der Waals surface area contributed by atoms with Gasteiger partial charge in [-0.3, -0.25) is 0 Å². The van der Waals surface area contributed by atoms with Gasteiger partial charge in [0, 0.05) is 12.1 Å². The van der Waals surface area contributed by atoms with Crippen molar-refractivity contribution < 1.29 is 4.74 Å². The number of rotatable bonds is 4. The van der Waals surface area contributed by atoms with Gasteiger partial charge in [0.1, 0.15) is 12.4 Å². The fourth-order valence-electron chi connectivity index (χ4n) is 0.962. The van der Waals surface area contributed by atoms with Crippen molar-refractivity contribution in [2.45, 2.75) is 6.54 Å². The smallest absolute Gasteiger partial charge is 0.124 e. The standard InChI is InChI=1S/C10H13NO/c1-2-7-12-10-6-4-3-5-9(10)8-11/h2-6H,1,7-8,11H2. The molecule has 2 nitrogen and oxygen atoms in total. The quantitative estimate of drug-likeness (QED) is 0.686. The molecule has 0 saturated carbocycles. The van der Waals surface area contributed by atoms with Crippen LogP contribution in [0.4, 0.5) is 0 Å². The van der Waals surface area contributed by atoms with Gasteiger partial charge < -0.3 is 10.5 Å².